The number of aliphatic hydroxyl groups excluding tert-OH is 1. The van der Waals surface area contributed by atoms with Crippen LogP contribution in [0.5, 0.6) is 0 Å². The standard InChI is InChI=1S/C33H34O3/c1-3-17-33(36)30(35)19-29-27-15-13-24-18-25(34)14-16-26(24)31(27)28(20-32(29,33)2)23-11-9-22(10-12-23)21-7-5-4-6-8-21/h4-12,18,27-30,35-36H,13-16,19-20H2,1-2H3/t27-,28?,29-,30?,32-,33?/m0/s1. The van der Waals surface area contributed by atoms with Crippen molar-refractivity contribution >= 4 is 5.78 Å². The largest absolute Gasteiger partial charge is 0.389 e. The van der Waals surface area contributed by atoms with Crippen LogP contribution in [0.25, 0.3) is 11.1 Å². The Morgan fingerprint density at radius 1 is 0.972 bits per heavy atom. The molecule has 2 aromatic rings. The molecular formula is C33H34O3. The minimum Gasteiger partial charge on any atom is -0.389 e. The van der Waals surface area contributed by atoms with Gasteiger partial charge in [0.15, 0.2) is 11.4 Å². The first-order valence-corrected chi connectivity index (χ1v) is 13.3. The Balaban J connectivity index is 1.50. The molecule has 3 nitrogen and oxygen atoms in total. The molecule has 2 aromatic carbocycles. The third-order valence-electron chi connectivity index (χ3n) is 9.69. The van der Waals surface area contributed by atoms with E-state index < -0.39 is 17.1 Å². The van der Waals surface area contributed by atoms with Gasteiger partial charge in [0.1, 0.15) is 0 Å². The average molecular weight is 479 g/mol. The van der Waals surface area contributed by atoms with Gasteiger partial charge in [-0.25, -0.2) is 0 Å². The normalized spacial score (nSPS) is 35.2. The maximum atomic E-state index is 12.3. The number of hydrogen-bond acceptors (Lipinski definition) is 3. The van der Waals surface area contributed by atoms with Crippen LogP contribution in [0.4, 0.5) is 0 Å². The first kappa shape index (κ1) is 23.5. The summed E-state index contributed by atoms with van der Waals surface area (Å²) in [5.74, 6) is 6.79. The summed E-state index contributed by atoms with van der Waals surface area (Å²) in [6, 6.07) is 19.3. The van der Waals surface area contributed by atoms with Crippen LogP contribution < -0.4 is 0 Å². The summed E-state index contributed by atoms with van der Waals surface area (Å²) < 4.78 is 0. The first-order chi connectivity index (χ1) is 17.4. The van der Waals surface area contributed by atoms with E-state index in [1.54, 1.807) is 6.92 Å². The maximum absolute atomic E-state index is 12.3. The van der Waals surface area contributed by atoms with Crippen LogP contribution in [0.1, 0.15) is 63.9 Å². The van der Waals surface area contributed by atoms with Crippen molar-refractivity contribution in [2.45, 2.75) is 70.0 Å². The highest BCUT2D eigenvalue weighted by Gasteiger charge is 2.66. The zero-order valence-corrected chi connectivity index (χ0v) is 21.1. The topological polar surface area (TPSA) is 57.5 Å². The van der Waals surface area contributed by atoms with Gasteiger partial charge in [0.2, 0.25) is 0 Å². The number of aliphatic hydroxyl groups is 2. The van der Waals surface area contributed by atoms with Crippen molar-refractivity contribution in [3.05, 3.63) is 83.0 Å². The molecule has 6 rings (SSSR count). The molecule has 3 unspecified atom stereocenters. The van der Waals surface area contributed by atoms with Crippen molar-refractivity contribution in [3.8, 4) is 23.0 Å². The smallest absolute Gasteiger partial charge is 0.156 e. The summed E-state index contributed by atoms with van der Waals surface area (Å²) in [6.07, 6.45) is 5.57. The number of carbonyl (C=O) groups excluding carboxylic acids is 1. The molecular weight excluding hydrogens is 444 g/mol. The Morgan fingerprint density at radius 2 is 1.69 bits per heavy atom. The molecule has 0 aliphatic heterocycles. The fraction of sp³-hybridized carbons (Fsp3) is 0.424. The zero-order valence-electron chi connectivity index (χ0n) is 21.1. The molecule has 4 aliphatic rings. The minimum atomic E-state index is -1.41. The molecule has 0 aromatic heterocycles. The van der Waals surface area contributed by atoms with E-state index in [0.29, 0.717) is 12.8 Å². The van der Waals surface area contributed by atoms with Gasteiger partial charge in [-0.05, 0) is 84.8 Å². The molecule has 36 heavy (non-hydrogen) atoms. The molecule has 3 heteroatoms. The maximum Gasteiger partial charge on any atom is 0.156 e. The number of benzene rings is 2. The molecule has 0 bridgehead atoms. The Bertz CT molecular complexity index is 1320. The number of rotatable bonds is 2. The number of ketones is 1. The molecule has 2 saturated carbocycles. The van der Waals surface area contributed by atoms with E-state index >= 15 is 0 Å². The van der Waals surface area contributed by atoms with Gasteiger partial charge in [-0.1, -0.05) is 73.0 Å². The lowest BCUT2D eigenvalue weighted by Crippen LogP contribution is -2.54. The summed E-state index contributed by atoms with van der Waals surface area (Å²) in [5, 5.41) is 23.0. The molecule has 0 amide bonds. The van der Waals surface area contributed by atoms with Gasteiger partial charge in [-0.15, -0.1) is 5.92 Å². The Morgan fingerprint density at radius 3 is 2.42 bits per heavy atom. The number of hydrogen-bond donors (Lipinski definition) is 2. The van der Waals surface area contributed by atoms with Crippen molar-refractivity contribution in [1.82, 2.24) is 0 Å². The van der Waals surface area contributed by atoms with E-state index in [0.717, 1.165) is 25.7 Å². The fourth-order valence-corrected chi connectivity index (χ4v) is 7.93. The molecule has 6 atom stereocenters. The Labute approximate surface area is 213 Å². The highest BCUT2D eigenvalue weighted by atomic mass is 16.3. The van der Waals surface area contributed by atoms with Crippen molar-refractivity contribution in [3.63, 3.8) is 0 Å². The first-order valence-electron chi connectivity index (χ1n) is 13.3. The van der Waals surface area contributed by atoms with Crippen LogP contribution in [0.15, 0.2) is 77.4 Å². The van der Waals surface area contributed by atoms with Gasteiger partial charge in [0.25, 0.3) is 0 Å². The van der Waals surface area contributed by atoms with Crippen LogP contribution in [0.3, 0.4) is 0 Å². The van der Waals surface area contributed by atoms with Gasteiger partial charge in [0, 0.05) is 17.8 Å². The summed E-state index contributed by atoms with van der Waals surface area (Å²) in [6.45, 7) is 3.90. The predicted octanol–water partition coefficient (Wildman–Crippen LogP) is 5.98. The monoisotopic (exact) mass is 478 g/mol. The summed E-state index contributed by atoms with van der Waals surface area (Å²) >= 11 is 0. The third-order valence-corrected chi connectivity index (χ3v) is 9.69. The minimum absolute atomic E-state index is 0.128. The Hall–Kier alpha value is -2.93. The van der Waals surface area contributed by atoms with Crippen LogP contribution in [0.2, 0.25) is 0 Å². The van der Waals surface area contributed by atoms with Gasteiger partial charge >= 0.3 is 0 Å². The van der Waals surface area contributed by atoms with E-state index in [-0.39, 0.29) is 23.5 Å². The van der Waals surface area contributed by atoms with Crippen LogP contribution in [-0.2, 0) is 4.79 Å². The van der Waals surface area contributed by atoms with E-state index in [4.69, 9.17) is 0 Å². The lowest BCUT2D eigenvalue weighted by Gasteiger charge is -2.53. The quantitative estimate of drug-likeness (QED) is 0.522. The van der Waals surface area contributed by atoms with Gasteiger partial charge in [0.05, 0.1) is 6.10 Å². The second-order valence-electron chi connectivity index (χ2n) is 11.4. The molecule has 4 aliphatic carbocycles. The van der Waals surface area contributed by atoms with Crippen molar-refractivity contribution < 1.29 is 15.0 Å². The summed E-state index contributed by atoms with van der Waals surface area (Å²) in [7, 11) is 0. The molecule has 2 fully saturated rings. The lowest BCUT2D eigenvalue weighted by molar-refractivity contribution is -0.114. The highest BCUT2D eigenvalue weighted by molar-refractivity contribution is 5.93. The number of allylic oxidation sites excluding steroid dienone is 4. The van der Waals surface area contributed by atoms with E-state index in [1.807, 2.05) is 12.1 Å². The average Bonchev–Trinajstić information content (AvgIpc) is 3.09. The number of fused-ring (bicyclic) bond motifs is 4. The highest BCUT2D eigenvalue weighted by Crippen LogP contribution is 2.66. The molecule has 0 radical (unpaired) electrons. The van der Waals surface area contributed by atoms with E-state index in [1.165, 1.54) is 33.4 Å². The predicted molar refractivity (Wildman–Crippen MR) is 142 cm³/mol. The van der Waals surface area contributed by atoms with Crippen molar-refractivity contribution in [1.29, 1.82) is 0 Å². The van der Waals surface area contributed by atoms with E-state index in [9.17, 15) is 15.0 Å². The molecule has 0 spiro atoms. The van der Waals surface area contributed by atoms with Crippen LogP contribution in [-0.4, -0.2) is 27.7 Å². The second kappa shape index (κ2) is 8.58. The van der Waals surface area contributed by atoms with Gasteiger partial charge in [-0.3, -0.25) is 4.79 Å². The molecule has 0 heterocycles. The summed E-state index contributed by atoms with van der Waals surface area (Å²) in [4.78, 5) is 12.3. The van der Waals surface area contributed by atoms with Crippen molar-refractivity contribution in [2.24, 2.45) is 17.3 Å². The molecule has 2 N–H and O–H groups in total. The lowest BCUT2D eigenvalue weighted by atomic mass is 9.51. The van der Waals surface area contributed by atoms with Crippen molar-refractivity contribution in [2.75, 3.05) is 0 Å². The molecule has 184 valence electrons. The van der Waals surface area contributed by atoms with Crippen LogP contribution >= 0.6 is 0 Å². The van der Waals surface area contributed by atoms with Gasteiger partial charge < -0.3 is 10.2 Å². The second-order valence-corrected chi connectivity index (χ2v) is 11.4. The van der Waals surface area contributed by atoms with E-state index in [2.05, 4.69) is 67.3 Å². The zero-order chi connectivity index (χ0) is 25.1. The third kappa shape index (κ3) is 3.39. The fourth-order valence-electron chi connectivity index (χ4n) is 7.93. The van der Waals surface area contributed by atoms with Crippen LogP contribution in [0, 0.1) is 29.1 Å². The summed E-state index contributed by atoms with van der Waals surface area (Å²) in [5.41, 5.74) is 5.74. The molecule has 0 saturated heterocycles. The van der Waals surface area contributed by atoms with Gasteiger partial charge in [-0.2, -0.15) is 0 Å². The SMILES string of the molecule is CC#CC1(O)C(O)C[C@H]2[C@@H]3CCC4=CC(=O)CCC4=C3C(c3ccc(-c4ccccc4)cc3)C[C@@]21C. The Kier molecular flexibility index (Phi) is 5.59. The number of carbonyl (C=O) groups is 1.